The first-order valence-corrected chi connectivity index (χ1v) is 9.68. The number of piperazine rings is 1. The number of fused-ring (bicyclic) bond motifs is 1. The summed E-state index contributed by atoms with van der Waals surface area (Å²) in [6.45, 7) is 15.3. The van der Waals surface area contributed by atoms with E-state index in [9.17, 15) is 0 Å². The Labute approximate surface area is 147 Å². The van der Waals surface area contributed by atoms with Crippen molar-refractivity contribution in [2.45, 2.75) is 40.5 Å². The molecule has 130 valence electrons. The molecule has 2 atom stereocenters. The fourth-order valence-corrected chi connectivity index (χ4v) is 5.12. The average Bonchev–Trinajstić information content (AvgIpc) is 2.58. The maximum atomic E-state index is 2.68. The molecule has 0 spiro atoms. The Balaban J connectivity index is 1.37. The van der Waals surface area contributed by atoms with Crippen molar-refractivity contribution >= 4 is 5.69 Å². The van der Waals surface area contributed by atoms with E-state index in [4.69, 9.17) is 0 Å². The van der Waals surface area contributed by atoms with E-state index >= 15 is 0 Å². The van der Waals surface area contributed by atoms with Gasteiger partial charge in [-0.25, -0.2) is 0 Å². The van der Waals surface area contributed by atoms with Crippen LogP contribution in [0, 0.1) is 31.1 Å². The molecule has 1 heterocycles. The van der Waals surface area contributed by atoms with E-state index in [0.29, 0.717) is 5.41 Å². The van der Waals surface area contributed by atoms with Crippen molar-refractivity contribution in [1.82, 2.24) is 4.90 Å². The highest BCUT2D eigenvalue weighted by Gasteiger charge is 2.51. The molecule has 2 nitrogen and oxygen atoms in total. The van der Waals surface area contributed by atoms with Crippen molar-refractivity contribution < 1.29 is 0 Å². The Morgan fingerprint density at radius 3 is 2.50 bits per heavy atom. The van der Waals surface area contributed by atoms with E-state index < -0.39 is 0 Å². The van der Waals surface area contributed by atoms with Crippen molar-refractivity contribution in [3.63, 3.8) is 0 Å². The first kappa shape index (κ1) is 16.2. The van der Waals surface area contributed by atoms with Crippen LogP contribution in [0.2, 0.25) is 0 Å². The number of nitrogens with zero attached hydrogens (tertiary/aromatic N) is 2. The Morgan fingerprint density at radius 2 is 1.83 bits per heavy atom. The normalized spacial score (nSPS) is 29.2. The fourth-order valence-electron chi connectivity index (χ4n) is 5.12. The Hall–Kier alpha value is -1.28. The molecule has 0 radical (unpaired) electrons. The quantitative estimate of drug-likeness (QED) is 0.760. The first-order chi connectivity index (χ1) is 11.4. The van der Waals surface area contributed by atoms with E-state index in [0.717, 1.165) is 24.9 Å². The molecule has 24 heavy (non-hydrogen) atoms. The molecule has 2 fully saturated rings. The topological polar surface area (TPSA) is 6.48 Å². The number of anilines is 1. The molecule has 5 rings (SSSR count). The largest absolute Gasteiger partial charge is 0.369 e. The van der Waals surface area contributed by atoms with Crippen LogP contribution in [0.1, 0.15) is 37.8 Å². The van der Waals surface area contributed by atoms with Gasteiger partial charge in [-0.05, 0) is 61.1 Å². The molecule has 0 aromatic heterocycles. The van der Waals surface area contributed by atoms with Gasteiger partial charge in [-0.3, -0.25) is 4.90 Å². The first-order valence-electron chi connectivity index (χ1n) is 9.68. The summed E-state index contributed by atoms with van der Waals surface area (Å²) in [7, 11) is 0. The molecule has 0 unspecified atom stereocenters. The number of rotatable bonds is 3. The number of hydrogen-bond acceptors (Lipinski definition) is 2. The maximum absolute atomic E-state index is 2.68. The van der Waals surface area contributed by atoms with Crippen LogP contribution in [-0.4, -0.2) is 37.6 Å². The zero-order valence-corrected chi connectivity index (χ0v) is 15.8. The number of benzene rings is 1. The van der Waals surface area contributed by atoms with Gasteiger partial charge in [0.15, 0.2) is 0 Å². The minimum atomic E-state index is 0.560. The minimum absolute atomic E-state index is 0.560. The third-order valence-electron chi connectivity index (χ3n) is 7.07. The zero-order chi connectivity index (χ0) is 16.9. The average molecular weight is 325 g/mol. The van der Waals surface area contributed by atoms with Gasteiger partial charge >= 0.3 is 0 Å². The molecule has 1 saturated heterocycles. The lowest BCUT2D eigenvalue weighted by atomic mass is 9.49. The lowest BCUT2D eigenvalue weighted by Crippen LogP contribution is -2.52. The lowest BCUT2D eigenvalue weighted by molar-refractivity contribution is -0.0107. The van der Waals surface area contributed by atoms with Crippen LogP contribution in [0.4, 0.5) is 5.69 Å². The molecular weight excluding hydrogens is 292 g/mol. The maximum Gasteiger partial charge on any atom is 0.0399 e. The van der Waals surface area contributed by atoms with E-state index in [-0.39, 0.29) is 0 Å². The van der Waals surface area contributed by atoms with Crippen molar-refractivity contribution in [3.8, 4) is 0 Å². The molecule has 0 N–H and O–H groups in total. The minimum Gasteiger partial charge on any atom is -0.369 e. The molecule has 1 aromatic carbocycles. The fraction of sp³-hybridized carbons (Fsp3) is 0.636. The van der Waals surface area contributed by atoms with Crippen LogP contribution in [0.25, 0.3) is 0 Å². The Kier molecular flexibility index (Phi) is 3.99. The SMILES string of the molecule is Cc1ccc(C)c(N2CCN(CC3=CC[C@H]4C[C@@H]3C4(C)C)CC2)c1. The highest BCUT2D eigenvalue weighted by atomic mass is 15.3. The van der Waals surface area contributed by atoms with Crippen LogP contribution >= 0.6 is 0 Å². The van der Waals surface area contributed by atoms with Crippen LogP contribution in [0.15, 0.2) is 29.8 Å². The van der Waals surface area contributed by atoms with E-state index in [1.54, 1.807) is 5.57 Å². The second-order valence-corrected chi connectivity index (χ2v) is 8.87. The van der Waals surface area contributed by atoms with Crippen LogP contribution in [-0.2, 0) is 0 Å². The summed E-state index contributed by atoms with van der Waals surface area (Å²) in [5, 5.41) is 0. The standard InChI is InChI=1S/C22H32N2/c1-16-5-6-17(2)21(13-16)24-11-9-23(10-12-24)15-18-7-8-19-14-20(18)22(19,3)4/h5-7,13,19-20H,8-12,14-15H2,1-4H3/t19-,20-/m0/s1. The molecular formula is C22H32N2. The molecule has 0 amide bonds. The predicted octanol–water partition coefficient (Wildman–Crippen LogP) is 4.42. The Bertz CT molecular complexity index is 650. The smallest absolute Gasteiger partial charge is 0.0399 e. The second-order valence-electron chi connectivity index (χ2n) is 8.87. The summed E-state index contributed by atoms with van der Waals surface area (Å²) in [4.78, 5) is 5.26. The van der Waals surface area contributed by atoms with E-state index in [2.05, 4.69) is 61.8 Å². The van der Waals surface area contributed by atoms with Crippen molar-refractivity contribution in [2.75, 3.05) is 37.6 Å². The van der Waals surface area contributed by atoms with Gasteiger partial charge in [-0.15, -0.1) is 0 Å². The van der Waals surface area contributed by atoms with Gasteiger partial charge in [0.2, 0.25) is 0 Å². The molecule has 1 aliphatic heterocycles. The lowest BCUT2D eigenvalue weighted by Gasteiger charge is -2.57. The number of hydrogen-bond donors (Lipinski definition) is 0. The van der Waals surface area contributed by atoms with Gasteiger partial charge in [0, 0.05) is 38.4 Å². The summed E-state index contributed by atoms with van der Waals surface area (Å²) < 4.78 is 0. The number of aryl methyl sites for hydroxylation is 2. The third kappa shape index (κ3) is 2.69. The summed E-state index contributed by atoms with van der Waals surface area (Å²) in [5.41, 5.74) is 6.51. The van der Waals surface area contributed by atoms with Crippen molar-refractivity contribution in [3.05, 3.63) is 41.0 Å². The Morgan fingerprint density at radius 1 is 1.08 bits per heavy atom. The van der Waals surface area contributed by atoms with Gasteiger partial charge in [0.1, 0.15) is 0 Å². The second kappa shape index (κ2) is 5.91. The van der Waals surface area contributed by atoms with Gasteiger partial charge in [-0.1, -0.05) is 37.6 Å². The van der Waals surface area contributed by atoms with Crippen molar-refractivity contribution in [2.24, 2.45) is 17.3 Å². The number of allylic oxidation sites excluding steroid dienone is 1. The van der Waals surface area contributed by atoms with Crippen LogP contribution < -0.4 is 4.90 Å². The predicted molar refractivity (Wildman–Crippen MR) is 103 cm³/mol. The molecule has 1 aromatic rings. The summed E-state index contributed by atoms with van der Waals surface area (Å²) in [6, 6.07) is 6.84. The summed E-state index contributed by atoms with van der Waals surface area (Å²) in [6.07, 6.45) is 5.34. The van der Waals surface area contributed by atoms with Gasteiger partial charge < -0.3 is 4.90 Å². The van der Waals surface area contributed by atoms with E-state index in [1.165, 1.54) is 49.3 Å². The van der Waals surface area contributed by atoms with E-state index in [1.807, 2.05) is 0 Å². The highest BCUT2D eigenvalue weighted by molar-refractivity contribution is 5.55. The molecule has 3 aliphatic carbocycles. The molecule has 4 aliphatic rings. The third-order valence-corrected chi connectivity index (χ3v) is 7.07. The molecule has 2 bridgehead atoms. The van der Waals surface area contributed by atoms with Gasteiger partial charge in [0.25, 0.3) is 0 Å². The highest BCUT2D eigenvalue weighted by Crippen LogP contribution is 2.59. The molecule has 1 saturated carbocycles. The van der Waals surface area contributed by atoms with Crippen molar-refractivity contribution in [1.29, 1.82) is 0 Å². The molecule has 2 heteroatoms. The van der Waals surface area contributed by atoms with Gasteiger partial charge in [-0.2, -0.15) is 0 Å². The van der Waals surface area contributed by atoms with Crippen LogP contribution in [0.3, 0.4) is 0 Å². The van der Waals surface area contributed by atoms with Gasteiger partial charge in [0.05, 0.1) is 0 Å². The zero-order valence-electron chi connectivity index (χ0n) is 15.8. The summed E-state index contributed by atoms with van der Waals surface area (Å²) >= 11 is 0. The monoisotopic (exact) mass is 324 g/mol. The summed E-state index contributed by atoms with van der Waals surface area (Å²) in [5.74, 6) is 1.81. The van der Waals surface area contributed by atoms with Crippen LogP contribution in [0.5, 0.6) is 0 Å².